The van der Waals surface area contributed by atoms with Gasteiger partial charge < -0.3 is 15.8 Å². The fourth-order valence-corrected chi connectivity index (χ4v) is 1.65. The first kappa shape index (κ1) is 19.7. The van der Waals surface area contributed by atoms with Crippen LogP contribution in [0.3, 0.4) is 0 Å². The Bertz CT molecular complexity index is 582. The van der Waals surface area contributed by atoms with E-state index in [-0.39, 0.29) is 30.7 Å². The van der Waals surface area contributed by atoms with Crippen molar-refractivity contribution in [1.82, 2.24) is 0 Å². The van der Waals surface area contributed by atoms with Crippen LogP contribution in [-0.4, -0.2) is 38.5 Å². The minimum atomic E-state index is -3.05. The molecule has 1 aromatic rings. The number of sulfone groups is 1. The number of nitrogens with one attached hydrogen (secondary N) is 1. The van der Waals surface area contributed by atoms with Crippen LogP contribution in [0.25, 0.3) is 0 Å². The fraction of sp³-hybridized carbons (Fsp3) is 0.462. The SMILES string of the molecule is CC(C)(N)C(=O)Nc1cccc(OCCS(C)(=O)=O)c1.Cl. The standard InChI is InChI=1S/C13H20N2O4S.ClH/c1-13(2,14)12(16)15-10-5-4-6-11(9-10)19-7-8-20(3,17)18;/h4-6,9H,7-8,14H2,1-3H3,(H,15,16);1H. The molecule has 0 aliphatic rings. The van der Waals surface area contributed by atoms with Crippen molar-refractivity contribution in [1.29, 1.82) is 0 Å². The highest BCUT2D eigenvalue weighted by Gasteiger charge is 2.21. The van der Waals surface area contributed by atoms with Crippen molar-refractivity contribution < 1.29 is 17.9 Å². The van der Waals surface area contributed by atoms with Crippen LogP contribution in [0, 0.1) is 0 Å². The average Bonchev–Trinajstić information content (AvgIpc) is 2.26. The Hall–Kier alpha value is -1.31. The summed E-state index contributed by atoms with van der Waals surface area (Å²) in [7, 11) is -3.05. The molecule has 0 saturated carbocycles. The van der Waals surface area contributed by atoms with Crippen molar-refractivity contribution in [2.75, 3.05) is 23.9 Å². The molecule has 1 aromatic carbocycles. The summed E-state index contributed by atoms with van der Waals surface area (Å²) in [5.41, 5.74) is 5.25. The molecule has 21 heavy (non-hydrogen) atoms. The van der Waals surface area contributed by atoms with Gasteiger partial charge in [0.25, 0.3) is 0 Å². The normalized spacial score (nSPS) is 11.4. The summed E-state index contributed by atoms with van der Waals surface area (Å²) in [5, 5.41) is 2.67. The summed E-state index contributed by atoms with van der Waals surface area (Å²) < 4.78 is 27.3. The molecule has 0 fully saturated rings. The zero-order chi connectivity index (χ0) is 15.4. The van der Waals surface area contributed by atoms with Gasteiger partial charge in [-0.15, -0.1) is 12.4 Å². The summed E-state index contributed by atoms with van der Waals surface area (Å²) in [6.07, 6.45) is 1.15. The van der Waals surface area contributed by atoms with Crippen LogP contribution in [0.1, 0.15) is 13.8 Å². The molecule has 0 aliphatic carbocycles. The van der Waals surface area contributed by atoms with Crippen molar-refractivity contribution in [2.45, 2.75) is 19.4 Å². The van der Waals surface area contributed by atoms with Gasteiger partial charge in [0, 0.05) is 18.0 Å². The Labute approximate surface area is 131 Å². The number of carbonyl (C=O) groups excluding carboxylic acids is 1. The monoisotopic (exact) mass is 336 g/mol. The maximum absolute atomic E-state index is 11.7. The Morgan fingerprint density at radius 3 is 2.52 bits per heavy atom. The Balaban J connectivity index is 0.00000400. The summed E-state index contributed by atoms with van der Waals surface area (Å²) in [6, 6.07) is 6.71. The first-order valence-corrected chi connectivity index (χ1v) is 8.15. The second-order valence-electron chi connectivity index (χ2n) is 5.18. The molecule has 0 heterocycles. The van der Waals surface area contributed by atoms with Gasteiger partial charge in [-0.2, -0.15) is 0 Å². The number of hydrogen-bond donors (Lipinski definition) is 2. The summed E-state index contributed by atoms with van der Waals surface area (Å²) >= 11 is 0. The van der Waals surface area contributed by atoms with Gasteiger partial charge in [0.2, 0.25) is 5.91 Å². The minimum absolute atomic E-state index is 0. The van der Waals surface area contributed by atoms with Gasteiger partial charge in [-0.1, -0.05) is 6.07 Å². The molecular weight excluding hydrogens is 316 g/mol. The van der Waals surface area contributed by atoms with E-state index in [4.69, 9.17) is 10.5 Å². The summed E-state index contributed by atoms with van der Waals surface area (Å²) in [5.74, 6) is 0.117. The Morgan fingerprint density at radius 1 is 1.38 bits per heavy atom. The molecule has 0 bridgehead atoms. The van der Waals surface area contributed by atoms with Crippen LogP contribution in [0.5, 0.6) is 5.75 Å². The predicted molar refractivity (Wildman–Crippen MR) is 85.8 cm³/mol. The van der Waals surface area contributed by atoms with E-state index < -0.39 is 15.4 Å². The first-order chi connectivity index (χ1) is 9.08. The van der Waals surface area contributed by atoms with Crippen LogP contribution in [0.2, 0.25) is 0 Å². The van der Waals surface area contributed by atoms with Crippen LogP contribution in [-0.2, 0) is 14.6 Å². The lowest BCUT2D eigenvalue weighted by Gasteiger charge is -2.18. The Morgan fingerprint density at radius 2 is 2.00 bits per heavy atom. The fourth-order valence-electron chi connectivity index (χ4n) is 1.27. The second kappa shape index (κ2) is 7.63. The molecule has 0 aromatic heterocycles. The van der Waals surface area contributed by atoms with Gasteiger partial charge in [-0.25, -0.2) is 8.42 Å². The van der Waals surface area contributed by atoms with Crippen molar-refractivity contribution in [3.05, 3.63) is 24.3 Å². The van der Waals surface area contributed by atoms with E-state index in [9.17, 15) is 13.2 Å². The van der Waals surface area contributed by atoms with E-state index >= 15 is 0 Å². The second-order valence-corrected chi connectivity index (χ2v) is 7.44. The molecule has 6 nitrogen and oxygen atoms in total. The van der Waals surface area contributed by atoms with E-state index in [0.717, 1.165) is 6.26 Å². The highest BCUT2D eigenvalue weighted by molar-refractivity contribution is 7.90. The van der Waals surface area contributed by atoms with Gasteiger partial charge in [0.15, 0.2) is 9.84 Å². The number of nitrogens with two attached hydrogens (primary N) is 1. The van der Waals surface area contributed by atoms with E-state index in [1.165, 1.54) is 0 Å². The lowest BCUT2D eigenvalue weighted by atomic mass is 10.1. The molecule has 0 unspecified atom stereocenters. The summed E-state index contributed by atoms with van der Waals surface area (Å²) in [6.45, 7) is 3.28. The third-order valence-electron chi connectivity index (χ3n) is 2.40. The minimum Gasteiger partial charge on any atom is -0.492 e. The number of rotatable bonds is 6. The third kappa shape index (κ3) is 7.89. The molecule has 0 radical (unpaired) electrons. The maximum Gasteiger partial charge on any atom is 0.243 e. The van der Waals surface area contributed by atoms with Gasteiger partial charge in [0.1, 0.15) is 12.4 Å². The van der Waals surface area contributed by atoms with Gasteiger partial charge in [-0.3, -0.25) is 4.79 Å². The van der Waals surface area contributed by atoms with E-state index in [0.29, 0.717) is 11.4 Å². The summed E-state index contributed by atoms with van der Waals surface area (Å²) in [4.78, 5) is 11.7. The van der Waals surface area contributed by atoms with Gasteiger partial charge >= 0.3 is 0 Å². The smallest absolute Gasteiger partial charge is 0.243 e. The van der Waals surface area contributed by atoms with Gasteiger partial charge in [0.05, 0.1) is 11.3 Å². The van der Waals surface area contributed by atoms with Crippen molar-refractivity contribution in [2.24, 2.45) is 5.73 Å². The average molecular weight is 337 g/mol. The number of benzene rings is 1. The highest BCUT2D eigenvalue weighted by atomic mass is 35.5. The number of anilines is 1. The van der Waals surface area contributed by atoms with Gasteiger partial charge in [-0.05, 0) is 26.0 Å². The number of carbonyl (C=O) groups is 1. The van der Waals surface area contributed by atoms with Crippen LogP contribution < -0.4 is 15.8 Å². The van der Waals surface area contributed by atoms with E-state index in [2.05, 4.69) is 5.32 Å². The molecule has 0 saturated heterocycles. The zero-order valence-electron chi connectivity index (χ0n) is 12.3. The first-order valence-electron chi connectivity index (χ1n) is 6.09. The molecule has 3 N–H and O–H groups in total. The maximum atomic E-state index is 11.7. The molecule has 8 heteroatoms. The zero-order valence-corrected chi connectivity index (χ0v) is 13.9. The lowest BCUT2D eigenvalue weighted by Crippen LogP contribution is -2.45. The molecule has 1 rings (SSSR count). The molecule has 0 aliphatic heterocycles. The van der Waals surface area contributed by atoms with Crippen molar-refractivity contribution in [3.63, 3.8) is 0 Å². The van der Waals surface area contributed by atoms with Crippen LogP contribution >= 0.6 is 12.4 Å². The molecular formula is C13H21ClN2O4S. The number of hydrogen-bond acceptors (Lipinski definition) is 5. The molecule has 0 atom stereocenters. The number of amides is 1. The number of halogens is 1. The lowest BCUT2D eigenvalue weighted by molar-refractivity contribution is -0.120. The Kier molecular flexibility index (Phi) is 7.15. The van der Waals surface area contributed by atoms with E-state index in [1.54, 1.807) is 38.1 Å². The highest BCUT2D eigenvalue weighted by Crippen LogP contribution is 2.18. The predicted octanol–water partition coefficient (Wildman–Crippen LogP) is 1.21. The largest absolute Gasteiger partial charge is 0.492 e. The van der Waals surface area contributed by atoms with Crippen LogP contribution in [0.15, 0.2) is 24.3 Å². The number of ether oxygens (including phenoxy) is 1. The van der Waals surface area contributed by atoms with E-state index in [1.807, 2.05) is 0 Å². The van der Waals surface area contributed by atoms with Crippen LogP contribution in [0.4, 0.5) is 5.69 Å². The molecule has 1 amide bonds. The topological polar surface area (TPSA) is 98.5 Å². The van der Waals surface area contributed by atoms with Crippen molar-refractivity contribution in [3.8, 4) is 5.75 Å². The molecule has 0 spiro atoms. The van der Waals surface area contributed by atoms with Crippen molar-refractivity contribution >= 4 is 33.8 Å². The third-order valence-corrected chi connectivity index (χ3v) is 3.31. The molecule has 120 valence electrons. The quantitative estimate of drug-likeness (QED) is 0.813.